The molecule has 112 valence electrons. The topological polar surface area (TPSA) is 49.4 Å². The molecule has 2 saturated heterocycles. The van der Waals surface area contributed by atoms with E-state index in [4.69, 9.17) is 0 Å². The fraction of sp³-hybridized carbons (Fsp3) is 1.00. The van der Waals surface area contributed by atoms with Crippen molar-refractivity contribution in [2.45, 2.75) is 70.1 Å². The lowest BCUT2D eigenvalue weighted by Gasteiger charge is -2.47. The molecule has 5 heteroatoms. The van der Waals surface area contributed by atoms with Crippen LogP contribution in [-0.2, 0) is 9.84 Å². The highest BCUT2D eigenvalue weighted by atomic mass is 32.2. The lowest BCUT2D eigenvalue weighted by atomic mass is 9.82. The van der Waals surface area contributed by atoms with E-state index in [2.05, 4.69) is 17.3 Å². The summed E-state index contributed by atoms with van der Waals surface area (Å²) < 4.78 is 23.3. The molecule has 0 radical (unpaired) electrons. The molecule has 2 rings (SSSR count). The first kappa shape index (κ1) is 15.3. The van der Waals surface area contributed by atoms with Crippen LogP contribution in [0.5, 0.6) is 0 Å². The Bertz CT molecular complexity index is 382. The van der Waals surface area contributed by atoms with Gasteiger partial charge < -0.3 is 10.2 Å². The first-order valence-corrected chi connectivity index (χ1v) is 9.42. The van der Waals surface area contributed by atoms with Crippen molar-refractivity contribution in [1.82, 2.24) is 10.2 Å². The van der Waals surface area contributed by atoms with Crippen molar-refractivity contribution >= 4 is 9.84 Å². The van der Waals surface area contributed by atoms with Crippen LogP contribution >= 0.6 is 0 Å². The van der Waals surface area contributed by atoms with Crippen LogP contribution in [0.3, 0.4) is 0 Å². The summed E-state index contributed by atoms with van der Waals surface area (Å²) in [5.74, 6) is 0.517. The number of hydrogen-bond donors (Lipinski definition) is 1. The molecule has 0 aromatic heterocycles. The van der Waals surface area contributed by atoms with Gasteiger partial charge in [-0.1, -0.05) is 13.3 Å². The first-order chi connectivity index (χ1) is 8.91. The van der Waals surface area contributed by atoms with Crippen LogP contribution in [0.4, 0.5) is 0 Å². The molecule has 2 aliphatic heterocycles. The van der Waals surface area contributed by atoms with Crippen molar-refractivity contribution < 1.29 is 8.42 Å². The van der Waals surface area contributed by atoms with E-state index in [1.165, 1.54) is 32.1 Å². The van der Waals surface area contributed by atoms with E-state index in [1.54, 1.807) is 6.92 Å². The lowest BCUT2D eigenvalue weighted by molar-refractivity contribution is 0.0469. The number of nitrogens with one attached hydrogen (secondary N) is 1. The van der Waals surface area contributed by atoms with Gasteiger partial charge in [-0.25, -0.2) is 8.42 Å². The van der Waals surface area contributed by atoms with Crippen molar-refractivity contribution in [2.24, 2.45) is 0 Å². The molecule has 19 heavy (non-hydrogen) atoms. The molecule has 2 aliphatic rings. The standard InChI is InChI=1S/C14H28N2O2S/c1-4-19(17,18)10-11(2)15-12-8-13-6-5-7-14(9-12)16(13)3/h11-15H,4-10H2,1-3H3. The van der Waals surface area contributed by atoms with E-state index < -0.39 is 9.84 Å². The Morgan fingerprint density at radius 3 is 2.37 bits per heavy atom. The largest absolute Gasteiger partial charge is 0.310 e. The first-order valence-electron chi connectivity index (χ1n) is 7.59. The van der Waals surface area contributed by atoms with Gasteiger partial charge in [0.1, 0.15) is 0 Å². The van der Waals surface area contributed by atoms with Crippen LogP contribution in [0.25, 0.3) is 0 Å². The Labute approximate surface area is 117 Å². The molecule has 2 bridgehead atoms. The van der Waals surface area contributed by atoms with Crippen molar-refractivity contribution in [2.75, 3.05) is 18.6 Å². The predicted octanol–water partition coefficient (Wildman–Crippen LogP) is 1.41. The van der Waals surface area contributed by atoms with Gasteiger partial charge in [0.25, 0.3) is 0 Å². The van der Waals surface area contributed by atoms with Gasteiger partial charge >= 0.3 is 0 Å². The maximum Gasteiger partial charge on any atom is 0.151 e. The maximum absolute atomic E-state index is 11.7. The van der Waals surface area contributed by atoms with E-state index in [0.717, 1.165) is 0 Å². The fourth-order valence-electron chi connectivity index (χ4n) is 3.70. The number of hydrogen-bond acceptors (Lipinski definition) is 4. The minimum atomic E-state index is -2.87. The third-order valence-electron chi connectivity index (χ3n) is 4.80. The molecule has 0 spiro atoms. The van der Waals surface area contributed by atoms with Gasteiger partial charge in [0.2, 0.25) is 0 Å². The van der Waals surface area contributed by atoms with Crippen LogP contribution in [-0.4, -0.2) is 56.0 Å². The molecule has 0 amide bonds. The Morgan fingerprint density at radius 2 is 1.84 bits per heavy atom. The predicted molar refractivity (Wildman–Crippen MR) is 79.1 cm³/mol. The summed E-state index contributed by atoms with van der Waals surface area (Å²) in [6, 6.07) is 1.95. The highest BCUT2D eigenvalue weighted by Gasteiger charge is 2.36. The Kier molecular flexibility index (Phi) is 4.90. The normalized spacial score (nSPS) is 34.2. The number of fused-ring (bicyclic) bond motifs is 2. The van der Waals surface area contributed by atoms with E-state index in [-0.39, 0.29) is 17.5 Å². The van der Waals surface area contributed by atoms with Crippen molar-refractivity contribution in [1.29, 1.82) is 0 Å². The molecular weight excluding hydrogens is 260 g/mol. The summed E-state index contributed by atoms with van der Waals surface area (Å²) in [4.78, 5) is 2.54. The molecule has 4 nitrogen and oxygen atoms in total. The second-order valence-electron chi connectivity index (χ2n) is 6.34. The molecule has 2 fully saturated rings. The smallest absolute Gasteiger partial charge is 0.151 e. The fourth-order valence-corrected chi connectivity index (χ4v) is 4.79. The van der Waals surface area contributed by atoms with E-state index >= 15 is 0 Å². The average molecular weight is 288 g/mol. The Balaban J connectivity index is 1.87. The minimum absolute atomic E-state index is 0.0686. The molecule has 1 N–H and O–H groups in total. The van der Waals surface area contributed by atoms with Gasteiger partial charge in [-0.15, -0.1) is 0 Å². The maximum atomic E-state index is 11.7. The summed E-state index contributed by atoms with van der Waals surface area (Å²) in [5.41, 5.74) is 0. The van der Waals surface area contributed by atoms with Gasteiger partial charge in [0.05, 0.1) is 5.75 Å². The quantitative estimate of drug-likeness (QED) is 0.831. The number of sulfone groups is 1. The number of rotatable bonds is 5. The summed E-state index contributed by atoms with van der Waals surface area (Å²) in [7, 11) is -0.626. The van der Waals surface area contributed by atoms with Crippen molar-refractivity contribution in [3.05, 3.63) is 0 Å². The zero-order valence-electron chi connectivity index (χ0n) is 12.4. The third-order valence-corrected chi connectivity index (χ3v) is 6.69. The second-order valence-corrected chi connectivity index (χ2v) is 8.74. The van der Waals surface area contributed by atoms with Gasteiger partial charge in [0.15, 0.2) is 9.84 Å². The zero-order valence-corrected chi connectivity index (χ0v) is 13.2. The Hall–Kier alpha value is -0.130. The van der Waals surface area contributed by atoms with E-state index in [0.29, 0.717) is 18.1 Å². The van der Waals surface area contributed by atoms with Crippen LogP contribution in [0.15, 0.2) is 0 Å². The van der Waals surface area contributed by atoms with Crippen molar-refractivity contribution in [3.63, 3.8) is 0 Å². The summed E-state index contributed by atoms with van der Waals surface area (Å²) in [6.45, 7) is 3.73. The van der Waals surface area contributed by atoms with E-state index in [9.17, 15) is 8.42 Å². The molecule has 3 atom stereocenters. The van der Waals surface area contributed by atoms with Crippen LogP contribution in [0, 0.1) is 0 Å². The van der Waals surface area contributed by atoms with Gasteiger partial charge in [-0.3, -0.25) is 0 Å². The SMILES string of the molecule is CCS(=O)(=O)CC(C)NC1CC2CCCC(C1)N2C. The zero-order chi connectivity index (χ0) is 14.0. The number of piperidine rings is 2. The highest BCUT2D eigenvalue weighted by Crippen LogP contribution is 2.32. The number of nitrogens with zero attached hydrogens (tertiary/aromatic N) is 1. The molecule has 3 unspecified atom stereocenters. The summed E-state index contributed by atoms with van der Waals surface area (Å²) in [6.07, 6.45) is 6.29. The molecule has 0 aliphatic carbocycles. The van der Waals surface area contributed by atoms with Crippen LogP contribution in [0.2, 0.25) is 0 Å². The van der Waals surface area contributed by atoms with Gasteiger partial charge in [-0.2, -0.15) is 0 Å². The molecule has 0 aromatic rings. The van der Waals surface area contributed by atoms with Crippen molar-refractivity contribution in [3.8, 4) is 0 Å². The minimum Gasteiger partial charge on any atom is -0.310 e. The molecular formula is C14H28N2O2S. The van der Waals surface area contributed by atoms with Crippen LogP contribution in [0.1, 0.15) is 46.0 Å². The highest BCUT2D eigenvalue weighted by molar-refractivity contribution is 7.91. The second kappa shape index (κ2) is 6.10. The monoisotopic (exact) mass is 288 g/mol. The molecule has 2 heterocycles. The Morgan fingerprint density at radius 1 is 1.26 bits per heavy atom. The van der Waals surface area contributed by atoms with Crippen LogP contribution < -0.4 is 5.32 Å². The molecule has 0 saturated carbocycles. The lowest BCUT2D eigenvalue weighted by Crippen LogP contribution is -2.56. The summed E-state index contributed by atoms with van der Waals surface area (Å²) >= 11 is 0. The molecule has 0 aromatic carbocycles. The third kappa shape index (κ3) is 3.92. The van der Waals surface area contributed by atoms with E-state index in [1.807, 2.05) is 6.92 Å². The average Bonchev–Trinajstić information content (AvgIpc) is 2.30. The van der Waals surface area contributed by atoms with Gasteiger partial charge in [-0.05, 0) is 39.7 Å². The van der Waals surface area contributed by atoms with Gasteiger partial charge in [0, 0.05) is 29.9 Å². The summed E-state index contributed by atoms with van der Waals surface area (Å²) in [5, 5.41) is 3.55.